The Bertz CT molecular complexity index is 542. The quantitative estimate of drug-likeness (QED) is 0.849. The Kier molecular flexibility index (Phi) is 4.78. The van der Waals surface area contributed by atoms with Gasteiger partial charge in [-0.3, -0.25) is 0 Å². The second kappa shape index (κ2) is 6.36. The SMILES string of the molecule is CCc1ccsc1C(Cc1cc(C)ccc1C)NC. The van der Waals surface area contributed by atoms with Crippen molar-refractivity contribution in [2.24, 2.45) is 0 Å². The van der Waals surface area contributed by atoms with Crippen LogP contribution in [0.1, 0.15) is 40.1 Å². The first-order valence-corrected chi connectivity index (χ1v) is 7.83. The molecular weight excluding hydrogens is 250 g/mol. The Balaban J connectivity index is 2.26. The summed E-state index contributed by atoms with van der Waals surface area (Å²) in [5.74, 6) is 0. The molecule has 1 aromatic heterocycles. The molecule has 0 fully saturated rings. The summed E-state index contributed by atoms with van der Waals surface area (Å²) in [6.07, 6.45) is 2.18. The second-order valence-corrected chi connectivity index (χ2v) is 6.09. The van der Waals surface area contributed by atoms with E-state index in [1.807, 2.05) is 11.3 Å². The lowest BCUT2D eigenvalue weighted by Crippen LogP contribution is -2.19. The molecule has 0 saturated heterocycles. The van der Waals surface area contributed by atoms with Crippen molar-refractivity contribution in [1.82, 2.24) is 5.32 Å². The van der Waals surface area contributed by atoms with E-state index in [2.05, 4.69) is 62.8 Å². The van der Waals surface area contributed by atoms with Crippen molar-refractivity contribution in [3.8, 4) is 0 Å². The maximum atomic E-state index is 3.48. The van der Waals surface area contributed by atoms with Gasteiger partial charge in [-0.15, -0.1) is 11.3 Å². The van der Waals surface area contributed by atoms with Crippen LogP contribution in [0.4, 0.5) is 0 Å². The predicted octanol–water partition coefficient (Wildman–Crippen LogP) is 4.43. The number of nitrogens with one attached hydrogen (secondary N) is 1. The first-order chi connectivity index (χ1) is 9.15. The minimum atomic E-state index is 0.426. The standard InChI is InChI=1S/C17H23NS/c1-5-14-8-9-19-17(14)16(18-4)11-15-10-12(2)6-7-13(15)3/h6-10,16,18H,5,11H2,1-4H3. The summed E-state index contributed by atoms with van der Waals surface area (Å²) < 4.78 is 0. The third kappa shape index (κ3) is 3.26. The van der Waals surface area contributed by atoms with Gasteiger partial charge in [0.05, 0.1) is 0 Å². The highest BCUT2D eigenvalue weighted by atomic mass is 32.1. The highest BCUT2D eigenvalue weighted by Gasteiger charge is 2.16. The summed E-state index contributed by atoms with van der Waals surface area (Å²) in [4.78, 5) is 1.49. The van der Waals surface area contributed by atoms with Gasteiger partial charge in [0.15, 0.2) is 0 Å². The Morgan fingerprint density at radius 2 is 1.95 bits per heavy atom. The molecule has 0 aliphatic heterocycles. The van der Waals surface area contributed by atoms with E-state index in [9.17, 15) is 0 Å². The predicted molar refractivity (Wildman–Crippen MR) is 85.1 cm³/mol. The Labute approximate surface area is 120 Å². The van der Waals surface area contributed by atoms with Crippen LogP contribution in [0.3, 0.4) is 0 Å². The van der Waals surface area contributed by atoms with E-state index >= 15 is 0 Å². The van der Waals surface area contributed by atoms with Crippen molar-refractivity contribution in [2.45, 2.75) is 39.7 Å². The van der Waals surface area contributed by atoms with Gasteiger partial charge in [0, 0.05) is 10.9 Å². The van der Waals surface area contributed by atoms with Crippen LogP contribution in [-0.4, -0.2) is 7.05 Å². The zero-order chi connectivity index (χ0) is 13.8. The maximum absolute atomic E-state index is 3.48. The van der Waals surface area contributed by atoms with Gasteiger partial charge in [0.25, 0.3) is 0 Å². The fourth-order valence-corrected chi connectivity index (χ4v) is 3.62. The van der Waals surface area contributed by atoms with Gasteiger partial charge in [0.2, 0.25) is 0 Å². The Hall–Kier alpha value is -1.12. The lowest BCUT2D eigenvalue weighted by Gasteiger charge is -2.18. The molecule has 1 atom stereocenters. The average molecular weight is 273 g/mol. The number of aryl methyl sites for hydroxylation is 3. The van der Waals surface area contributed by atoms with E-state index in [-0.39, 0.29) is 0 Å². The summed E-state index contributed by atoms with van der Waals surface area (Å²) in [6, 6.07) is 9.42. The van der Waals surface area contributed by atoms with E-state index in [1.54, 1.807) is 0 Å². The number of benzene rings is 1. The summed E-state index contributed by atoms with van der Waals surface area (Å²) in [7, 11) is 2.06. The second-order valence-electron chi connectivity index (χ2n) is 5.14. The Morgan fingerprint density at radius 3 is 2.63 bits per heavy atom. The third-order valence-corrected chi connectivity index (χ3v) is 4.83. The van der Waals surface area contributed by atoms with Gasteiger partial charge in [0.1, 0.15) is 0 Å². The Morgan fingerprint density at radius 1 is 1.16 bits per heavy atom. The largest absolute Gasteiger partial charge is 0.312 e. The summed E-state index contributed by atoms with van der Waals surface area (Å²) in [6.45, 7) is 6.60. The average Bonchev–Trinajstić information content (AvgIpc) is 2.88. The van der Waals surface area contributed by atoms with Crippen molar-refractivity contribution in [1.29, 1.82) is 0 Å². The smallest absolute Gasteiger partial charge is 0.0456 e. The zero-order valence-electron chi connectivity index (χ0n) is 12.3. The number of likely N-dealkylation sites (N-methyl/N-ethyl adjacent to an activating group) is 1. The van der Waals surface area contributed by atoms with E-state index < -0.39 is 0 Å². The van der Waals surface area contributed by atoms with Crippen molar-refractivity contribution in [3.63, 3.8) is 0 Å². The van der Waals surface area contributed by atoms with Crippen molar-refractivity contribution in [2.75, 3.05) is 7.05 Å². The highest BCUT2D eigenvalue weighted by Crippen LogP contribution is 2.28. The molecule has 0 bridgehead atoms. The zero-order valence-corrected chi connectivity index (χ0v) is 13.1. The molecule has 0 aliphatic carbocycles. The van der Waals surface area contributed by atoms with Gasteiger partial charge in [-0.2, -0.15) is 0 Å². The fraction of sp³-hybridized carbons (Fsp3) is 0.412. The number of rotatable bonds is 5. The van der Waals surface area contributed by atoms with Crippen LogP contribution in [0.15, 0.2) is 29.6 Å². The fourth-order valence-electron chi connectivity index (χ4n) is 2.51. The van der Waals surface area contributed by atoms with Crippen LogP contribution in [0.25, 0.3) is 0 Å². The number of thiophene rings is 1. The van der Waals surface area contributed by atoms with Crippen LogP contribution < -0.4 is 5.32 Å². The van der Waals surface area contributed by atoms with Gasteiger partial charge in [-0.25, -0.2) is 0 Å². The van der Waals surface area contributed by atoms with Crippen molar-refractivity contribution >= 4 is 11.3 Å². The van der Waals surface area contributed by atoms with Crippen molar-refractivity contribution in [3.05, 3.63) is 56.8 Å². The molecule has 19 heavy (non-hydrogen) atoms. The van der Waals surface area contributed by atoms with E-state index in [4.69, 9.17) is 0 Å². The topological polar surface area (TPSA) is 12.0 Å². The third-order valence-electron chi connectivity index (χ3n) is 3.76. The van der Waals surface area contributed by atoms with E-state index in [0.717, 1.165) is 12.8 Å². The minimum Gasteiger partial charge on any atom is -0.312 e. The molecule has 1 N–H and O–H groups in total. The molecule has 1 heterocycles. The molecule has 2 aromatic rings. The molecule has 1 aromatic carbocycles. The lowest BCUT2D eigenvalue weighted by atomic mass is 9.97. The summed E-state index contributed by atoms with van der Waals surface area (Å²) in [5, 5.41) is 5.69. The monoisotopic (exact) mass is 273 g/mol. The van der Waals surface area contributed by atoms with Gasteiger partial charge in [-0.05, 0) is 61.9 Å². The van der Waals surface area contributed by atoms with E-state index in [0.29, 0.717) is 6.04 Å². The van der Waals surface area contributed by atoms with Crippen molar-refractivity contribution < 1.29 is 0 Å². The molecule has 0 spiro atoms. The first-order valence-electron chi connectivity index (χ1n) is 6.95. The van der Waals surface area contributed by atoms with Gasteiger partial charge >= 0.3 is 0 Å². The highest BCUT2D eigenvalue weighted by molar-refractivity contribution is 7.10. The molecule has 102 valence electrons. The van der Waals surface area contributed by atoms with Crippen LogP contribution in [0, 0.1) is 13.8 Å². The maximum Gasteiger partial charge on any atom is 0.0456 e. The molecule has 1 unspecified atom stereocenters. The molecule has 2 heteroatoms. The van der Waals surface area contributed by atoms with Crippen LogP contribution in [-0.2, 0) is 12.8 Å². The lowest BCUT2D eigenvalue weighted by molar-refractivity contribution is 0.596. The molecule has 2 rings (SSSR count). The molecule has 1 nitrogen and oxygen atoms in total. The molecular formula is C17H23NS. The minimum absolute atomic E-state index is 0.426. The first kappa shape index (κ1) is 14.3. The van der Waals surface area contributed by atoms with Crippen LogP contribution >= 0.6 is 11.3 Å². The normalized spacial score (nSPS) is 12.6. The van der Waals surface area contributed by atoms with Crippen LogP contribution in [0.2, 0.25) is 0 Å². The number of hydrogen-bond acceptors (Lipinski definition) is 2. The molecule has 0 saturated carbocycles. The summed E-state index contributed by atoms with van der Waals surface area (Å²) in [5.41, 5.74) is 5.67. The van der Waals surface area contributed by atoms with Crippen LogP contribution in [0.5, 0.6) is 0 Å². The number of hydrogen-bond donors (Lipinski definition) is 1. The molecule has 0 aliphatic rings. The molecule has 0 radical (unpaired) electrons. The van der Waals surface area contributed by atoms with Gasteiger partial charge in [-0.1, -0.05) is 30.7 Å². The van der Waals surface area contributed by atoms with E-state index in [1.165, 1.54) is 27.1 Å². The van der Waals surface area contributed by atoms with Gasteiger partial charge < -0.3 is 5.32 Å². The summed E-state index contributed by atoms with van der Waals surface area (Å²) >= 11 is 1.87. The molecule has 0 amide bonds.